The van der Waals surface area contributed by atoms with Crippen molar-refractivity contribution in [3.05, 3.63) is 22.4 Å². The Kier molecular flexibility index (Phi) is 5.38. The van der Waals surface area contributed by atoms with Crippen molar-refractivity contribution in [3.63, 3.8) is 0 Å². The molecule has 0 spiro atoms. The van der Waals surface area contributed by atoms with E-state index >= 15 is 0 Å². The van der Waals surface area contributed by atoms with Gasteiger partial charge in [-0.3, -0.25) is 0 Å². The Morgan fingerprint density at radius 3 is 2.79 bits per heavy atom. The highest BCUT2D eigenvalue weighted by atomic mass is 32.2. The van der Waals surface area contributed by atoms with Crippen molar-refractivity contribution in [1.82, 2.24) is 0 Å². The summed E-state index contributed by atoms with van der Waals surface area (Å²) in [6.45, 7) is 2.37. The molecule has 1 N–H and O–H groups in total. The molecule has 0 fully saturated rings. The number of hydrogen-bond acceptors (Lipinski definition) is 4. The van der Waals surface area contributed by atoms with E-state index in [1.165, 1.54) is 5.56 Å². The summed E-state index contributed by atoms with van der Waals surface area (Å²) >= 11 is 5.27. The molecule has 80 valence electrons. The molecule has 1 nitrogen and oxygen atoms in total. The molecule has 0 aliphatic carbocycles. The van der Waals surface area contributed by atoms with Gasteiger partial charge < -0.3 is 5.11 Å². The molecule has 4 heteroatoms. The molecule has 1 unspecified atom stereocenters. The largest absolute Gasteiger partial charge is 0.394 e. The number of rotatable bonds is 6. The lowest BCUT2D eigenvalue weighted by molar-refractivity contribution is 0.286. The summed E-state index contributed by atoms with van der Waals surface area (Å²) in [5, 5.41) is 13.7. The Morgan fingerprint density at radius 2 is 2.36 bits per heavy atom. The fourth-order valence-electron chi connectivity index (χ4n) is 1.21. The van der Waals surface area contributed by atoms with Gasteiger partial charge in [-0.15, -0.1) is 23.5 Å². The van der Waals surface area contributed by atoms with Gasteiger partial charge >= 0.3 is 0 Å². The van der Waals surface area contributed by atoms with E-state index in [-0.39, 0.29) is 10.7 Å². The molecule has 1 atom stereocenters. The Labute approximate surface area is 98.3 Å². The maximum Gasteiger partial charge on any atom is 0.110 e. The van der Waals surface area contributed by atoms with Crippen LogP contribution in [0.3, 0.4) is 0 Å². The predicted octanol–water partition coefficient (Wildman–Crippen LogP) is 3.40. The normalized spacial score (nSPS) is 15.4. The second kappa shape index (κ2) is 6.05. The lowest BCUT2D eigenvalue weighted by Crippen LogP contribution is -2.22. The minimum atomic E-state index is -0.143. The Bertz CT molecular complexity index is 242. The van der Waals surface area contributed by atoms with Crippen LogP contribution in [0.1, 0.15) is 18.9 Å². The summed E-state index contributed by atoms with van der Waals surface area (Å²) in [6.07, 6.45) is 3.22. The Morgan fingerprint density at radius 1 is 1.57 bits per heavy atom. The topological polar surface area (TPSA) is 20.2 Å². The molecule has 0 aliphatic rings. The molecule has 1 rings (SSSR count). The van der Waals surface area contributed by atoms with Crippen molar-refractivity contribution in [3.8, 4) is 0 Å². The van der Waals surface area contributed by atoms with E-state index < -0.39 is 0 Å². The summed E-state index contributed by atoms with van der Waals surface area (Å²) in [4.78, 5) is 0. The van der Waals surface area contributed by atoms with Gasteiger partial charge in [-0.2, -0.15) is 11.3 Å². The lowest BCUT2D eigenvalue weighted by atomic mass is 10.2. The van der Waals surface area contributed by atoms with Gasteiger partial charge in [0.25, 0.3) is 0 Å². The molecular formula is C10H16OS3. The Balaban J connectivity index is 2.80. The zero-order valence-corrected chi connectivity index (χ0v) is 11.0. The first-order chi connectivity index (χ1) is 6.79. The van der Waals surface area contributed by atoms with E-state index in [0.29, 0.717) is 0 Å². The maximum absolute atomic E-state index is 9.54. The van der Waals surface area contributed by atoms with Gasteiger partial charge in [0.15, 0.2) is 0 Å². The quantitative estimate of drug-likeness (QED) is 0.779. The number of thioether (sulfide) groups is 2. The lowest BCUT2D eigenvalue weighted by Gasteiger charge is -2.28. The van der Waals surface area contributed by atoms with Crippen LogP contribution in [0, 0.1) is 0 Å². The van der Waals surface area contributed by atoms with Crippen molar-refractivity contribution in [1.29, 1.82) is 0 Å². The third-order valence-electron chi connectivity index (χ3n) is 2.04. The molecular weight excluding hydrogens is 232 g/mol. The number of aliphatic hydroxyl groups is 1. The first kappa shape index (κ1) is 12.4. The second-order valence-corrected chi connectivity index (χ2v) is 6.51. The van der Waals surface area contributed by atoms with Gasteiger partial charge in [-0.1, -0.05) is 6.92 Å². The predicted molar refractivity (Wildman–Crippen MR) is 69.3 cm³/mol. The summed E-state index contributed by atoms with van der Waals surface area (Å²) in [7, 11) is 0. The molecule has 1 heterocycles. The molecule has 14 heavy (non-hydrogen) atoms. The third kappa shape index (κ3) is 2.69. The van der Waals surface area contributed by atoms with Crippen LogP contribution in [0.25, 0.3) is 0 Å². The van der Waals surface area contributed by atoms with E-state index in [1.54, 1.807) is 23.1 Å². The van der Waals surface area contributed by atoms with Gasteiger partial charge in [-0.05, 0) is 40.8 Å². The van der Waals surface area contributed by atoms with E-state index in [4.69, 9.17) is 0 Å². The summed E-state index contributed by atoms with van der Waals surface area (Å²) in [5.74, 6) is 1.09. The van der Waals surface area contributed by atoms with Crippen molar-refractivity contribution in [2.24, 2.45) is 0 Å². The van der Waals surface area contributed by atoms with Crippen LogP contribution in [0.4, 0.5) is 0 Å². The molecule has 0 aliphatic heterocycles. The number of hydrogen-bond donors (Lipinski definition) is 1. The van der Waals surface area contributed by atoms with E-state index in [1.807, 2.05) is 11.8 Å². The maximum atomic E-state index is 9.54. The highest BCUT2D eigenvalue weighted by Crippen LogP contribution is 2.45. The average Bonchev–Trinajstić information content (AvgIpc) is 2.74. The molecule has 0 aromatic carbocycles. The van der Waals surface area contributed by atoms with E-state index in [0.717, 1.165) is 12.2 Å². The third-order valence-corrected chi connectivity index (χ3v) is 6.04. The molecule has 1 aromatic rings. The van der Waals surface area contributed by atoms with Crippen LogP contribution in [0.15, 0.2) is 16.8 Å². The van der Waals surface area contributed by atoms with Crippen LogP contribution in [0.2, 0.25) is 0 Å². The van der Waals surface area contributed by atoms with E-state index in [2.05, 4.69) is 30.0 Å². The minimum Gasteiger partial charge on any atom is -0.394 e. The average molecular weight is 248 g/mol. The number of aliphatic hydroxyl groups excluding tert-OH is 1. The molecule has 0 radical (unpaired) electrons. The molecule has 0 amide bonds. The van der Waals surface area contributed by atoms with Gasteiger partial charge in [0.05, 0.1) is 6.61 Å². The molecule has 1 aromatic heterocycles. The number of thiophene rings is 1. The Hall–Kier alpha value is 0.360. The van der Waals surface area contributed by atoms with Crippen LogP contribution in [-0.4, -0.2) is 23.7 Å². The van der Waals surface area contributed by atoms with Crippen LogP contribution >= 0.6 is 34.9 Å². The second-order valence-electron chi connectivity index (χ2n) is 2.98. The molecule has 0 saturated heterocycles. The highest BCUT2D eigenvalue weighted by Gasteiger charge is 2.31. The van der Waals surface area contributed by atoms with Crippen molar-refractivity contribution in [2.75, 3.05) is 18.6 Å². The monoisotopic (exact) mass is 248 g/mol. The molecule has 0 saturated carbocycles. The first-order valence-corrected chi connectivity index (χ1v) is 7.77. The van der Waals surface area contributed by atoms with Gasteiger partial charge in [0, 0.05) is 0 Å². The van der Waals surface area contributed by atoms with Gasteiger partial charge in [-0.25, -0.2) is 0 Å². The fraction of sp³-hybridized carbons (Fsp3) is 0.600. The van der Waals surface area contributed by atoms with Gasteiger partial charge in [0.1, 0.15) is 4.08 Å². The zero-order valence-electron chi connectivity index (χ0n) is 8.53. The standard InChI is InChI=1S/C10H16OS3/c1-3-5-14-10(8-11,12-2)9-4-6-13-7-9/h4,6-7,11H,3,5,8H2,1-2H3. The first-order valence-electron chi connectivity index (χ1n) is 4.61. The van der Waals surface area contributed by atoms with Gasteiger partial charge in [0.2, 0.25) is 0 Å². The SMILES string of the molecule is CCCSC(CO)(SC)c1ccsc1. The van der Waals surface area contributed by atoms with Crippen molar-refractivity contribution < 1.29 is 5.11 Å². The summed E-state index contributed by atoms with van der Waals surface area (Å²) < 4.78 is -0.143. The fourth-order valence-corrected chi connectivity index (χ4v) is 4.22. The highest BCUT2D eigenvalue weighted by molar-refractivity contribution is 8.17. The zero-order chi connectivity index (χ0) is 10.4. The summed E-state index contributed by atoms with van der Waals surface area (Å²) in [5.41, 5.74) is 1.25. The van der Waals surface area contributed by atoms with Crippen molar-refractivity contribution >= 4 is 34.9 Å². The molecule has 0 bridgehead atoms. The summed E-state index contributed by atoms with van der Waals surface area (Å²) in [6, 6.07) is 2.11. The van der Waals surface area contributed by atoms with Crippen LogP contribution < -0.4 is 0 Å². The van der Waals surface area contributed by atoms with Crippen molar-refractivity contribution in [2.45, 2.75) is 17.4 Å². The smallest absolute Gasteiger partial charge is 0.110 e. The van der Waals surface area contributed by atoms with Crippen LogP contribution in [0.5, 0.6) is 0 Å². The minimum absolute atomic E-state index is 0.143. The van der Waals surface area contributed by atoms with Crippen LogP contribution in [-0.2, 0) is 4.08 Å². The van der Waals surface area contributed by atoms with E-state index in [9.17, 15) is 5.11 Å².